The van der Waals surface area contributed by atoms with Gasteiger partial charge in [0.15, 0.2) is 0 Å². The molecule has 0 amide bonds. The fraction of sp³-hybridized carbons (Fsp3) is 1.00. The number of aliphatic hydroxyl groups is 2. The molecular weight excluding hydrogens is 174 g/mol. The maximum atomic E-state index is 10.3. The minimum absolute atomic E-state index is 0.939. The second kappa shape index (κ2) is 3.03. The molecule has 1 unspecified atom stereocenters. The summed E-state index contributed by atoms with van der Waals surface area (Å²) >= 11 is 0. The molecule has 4 N–H and O–H groups in total. The van der Waals surface area contributed by atoms with Crippen LogP contribution in [-0.2, 0) is 10.1 Å². The molecule has 11 heavy (non-hydrogen) atoms. The van der Waals surface area contributed by atoms with E-state index < -0.39 is 21.4 Å². The van der Waals surface area contributed by atoms with Gasteiger partial charge in [0.1, 0.15) is 5.37 Å². The second-order valence-electron chi connectivity index (χ2n) is 2.32. The van der Waals surface area contributed by atoms with Crippen LogP contribution < -0.4 is 5.32 Å². The van der Waals surface area contributed by atoms with E-state index in [1.165, 1.54) is 0 Å². The van der Waals surface area contributed by atoms with E-state index in [0.717, 1.165) is 13.8 Å². The molecule has 0 bridgehead atoms. The maximum absolute atomic E-state index is 10.3. The Morgan fingerprint density at radius 2 is 1.82 bits per heavy atom. The van der Waals surface area contributed by atoms with Crippen molar-refractivity contribution in [2.24, 2.45) is 0 Å². The van der Waals surface area contributed by atoms with Crippen LogP contribution in [0.25, 0.3) is 0 Å². The van der Waals surface area contributed by atoms with Crippen LogP contribution in [0.2, 0.25) is 0 Å². The number of hydrogen-bond donors (Lipinski definition) is 4. The number of nitrogens with one attached hydrogen (secondary N) is 1. The minimum Gasteiger partial charge on any atom is -0.354 e. The van der Waals surface area contributed by atoms with Gasteiger partial charge in [0.25, 0.3) is 10.1 Å². The highest BCUT2D eigenvalue weighted by Crippen LogP contribution is 1.98. The van der Waals surface area contributed by atoms with E-state index in [1.807, 2.05) is 5.32 Å². The van der Waals surface area contributed by atoms with Crippen LogP contribution in [0.3, 0.4) is 0 Å². The van der Waals surface area contributed by atoms with Gasteiger partial charge >= 0.3 is 0 Å². The summed E-state index contributed by atoms with van der Waals surface area (Å²) in [6.45, 7) is 2.02. The van der Waals surface area contributed by atoms with E-state index in [2.05, 4.69) is 0 Å². The summed E-state index contributed by atoms with van der Waals surface area (Å²) < 4.78 is 28.9. The Bertz CT molecular complexity index is 215. The lowest BCUT2D eigenvalue weighted by Crippen LogP contribution is -2.49. The van der Waals surface area contributed by atoms with E-state index >= 15 is 0 Å². The summed E-state index contributed by atoms with van der Waals surface area (Å²) in [5.41, 5.74) is 0. The maximum Gasteiger partial charge on any atom is 0.280 e. The molecule has 0 fully saturated rings. The van der Waals surface area contributed by atoms with Gasteiger partial charge in [-0.15, -0.1) is 0 Å². The minimum atomic E-state index is -4.27. The Morgan fingerprint density at radius 3 is 1.91 bits per heavy atom. The molecule has 0 spiro atoms. The predicted octanol–water partition coefficient (Wildman–Crippen LogP) is -1.53. The van der Waals surface area contributed by atoms with Gasteiger partial charge in [0.2, 0.25) is 5.91 Å². The summed E-state index contributed by atoms with van der Waals surface area (Å²) in [7, 11) is -4.27. The summed E-state index contributed by atoms with van der Waals surface area (Å²) in [4.78, 5) is 0. The standard InChI is InChI=1S/C4H11NO5S/c1-3(11(8,9)10)5-4(2,6)7/h3,5-7H,1-2H3,(H,8,9,10). The zero-order valence-electron chi connectivity index (χ0n) is 6.14. The average Bonchev–Trinajstić information content (AvgIpc) is 1.56. The molecule has 68 valence electrons. The molecule has 0 aromatic rings. The first-order chi connectivity index (χ1) is 4.63. The molecule has 0 aromatic carbocycles. The third kappa shape index (κ3) is 5.10. The van der Waals surface area contributed by atoms with Crippen molar-refractivity contribution >= 4 is 10.1 Å². The molecule has 1 atom stereocenters. The molecule has 0 aliphatic carbocycles. The average molecular weight is 185 g/mol. The van der Waals surface area contributed by atoms with Crippen LogP contribution >= 0.6 is 0 Å². The van der Waals surface area contributed by atoms with Crippen molar-refractivity contribution in [3.8, 4) is 0 Å². The lowest BCUT2D eigenvalue weighted by atomic mass is 10.5. The Kier molecular flexibility index (Phi) is 2.98. The molecule has 0 rings (SSSR count). The molecule has 0 aromatic heterocycles. The first kappa shape index (κ1) is 10.8. The molecule has 6 nitrogen and oxygen atoms in total. The van der Waals surface area contributed by atoms with Gasteiger partial charge in [-0.05, 0) is 6.92 Å². The molecule has 0 aliphatic rings. The van der Waals surface area contributed by atoms with Crippen LogP contribution in [0.4, 0.5) is 0 Å². The highest BCUT2D eigenvalue weighted by molar-refractivity contribution is 7.86. The van der Waals surface area contributed by atoms with E-state index in [4.69, 9.17) is 14.8 Å². The Hall–Kier alpha value is -0.210. The molecule has 0 saturated heterocycles. The Labute approximate surface area is 64.6 Å². The van der Waals surface area contributed by atoms with E-state index in [-0.39, 0.29) is 0 Å². The third-order valence-electron chi connectivity index (χ3n) is 0.923. The van der Waals surface area contributed by atoms with Gasteiger partial charge in [-0.3, -0.25) is 4.55 Å². The quantitative estimate of drug-likeness (QED) is 0.314. The van der Waals surface area contributed by atoms with E-state index in [1.54, 1.807) is 0 Å². The van der Waals surface area contributed by atoms with Crippen LogP contribution in [0.5, 0.6) is 0 Å². The zero-order valence-corrected chi connectivity index (χ0v) is 6.96. The Morgan fingerprint density at radius 1 is 1.45 bits per heavy atom. The molecule has 0 radical (unpaired) electrons. The van der Waals surface area contributed by atoms with Gasteiger partial charge in [-0.2, -0.15) is 8.42 Å². The fourth-order valence-corrected chi connectivity index (χ4v) is 0.832. The normalized spacial score (nSPS) is 16.5. The highest BCUT2D eigenvalue weighted by atomic mass is 32.2. The van der Waals surface area contributed by atoms with Crippen molar-refractivity contribution in [3.05, 3.63) is 0 Å². The number of rotatable bonds is 3. The van der Waals surface area contributed by atoms with Crippen LogP contribution in [0.15, 0.2) is 0 Å². The topological polar surface area (TPSA) is 107 Å². The molecular formula is C4H11NO5S. The van der Waals surface area contributed by atoms with Crippen molar-refractivity contribution in [3.63, 3.8) is 0 Å². The summed E-state index contributed by atoms with van der Waals surface area (Å²) in [5, 5.41) is 17.7. The molecule has 0 aliphatic heterocycles. The summed E-state index contributed by atoms with van der Waals surface area (Å²) in [6, 6.07) is 0. The lowest BCUT2D eigenvalue weighted by molar-refractivity contribution is -0.171. The van der Waals surface area contributed by atoms with Crippen LogP contribution in [0.1, 0.15) is 13.8 Å². The first-order valence-electron chi connectivity index (χ1n) is 2.81. The molecule has 0 heterocycles. The second-order valence-corrected chi connectivity index (χ2v) is 4.06. The van der Waals surface area contributed by atoms with Crippen molar-refractivity contribution in [1.29, 1.82) is 0 Å². The van der Waals surface area contributed by atoms with Crippen LogP contribution in [0, 0.1) is 0 Å². The van der Waals surface area contributed by atoms with Gasteiger partial charge in [-0.1, -0.05) is 0 Å². The summed E-state index contributed by atoms with van der Waals surface area (Å²) in [6.07, 6.45) is 0. The monoisotopic (exact) mass is 185 g/mol. The smallest absolute Gasteiger partial charge is 0.280 e. The van der Waals surface area contributed by atoms with Crippen molar-refractivity contribution < 1.29 is 23.2 Å². The van der Waals surface area contributed by atoms with Crippen molar-refractivity contribution in [2.45, 2.75) is 25.1 Å². The van der Waals surface area contributed by atoms with Gasteiger partial charge < -0.3 is 10.2 Å². The summed E-state index contributed by atoms with van der Waals surface area (Å²) in [5.74, 6) is -2.31. The van der Waals surface area contributed by atoms with Gasteiger partial charge in [0.05, 0.1) is 0 Å². The fourth-order valence-electron chi connectivity index (χ4n) is 0.460. The van der Waals surface area contributed by atoms with E-state index in [0.29, 0.717) is 0 Å². The van der Waals surface area contributed by atoms with Gasteiger partial charge in [-0.25, -0.2) is 5.32 Å². The Balaban J connectivity index is 4.22. The largest absolute Gasteiger partial charge is 0.354 e. The SMILES string of the molecule is CC(NC(C)(O)O)S(=O)(=O)O. The lowest BCUT2D eigenvalue weighted by Gasteiger charge is -2.20. The predicted molar refractivity (Wildman–Crippen MR) is 37.0 cm³/mol. The zero-order chi connectivity index (χ0) is 9.28. The first-order valence-corrected chi connectivity index (χ1v) is 4.32. The van der Waals surface area contributed by atoms with Crippen molar-refractivity contribution in [1.82, 2.24) is 5.32 Å². The molecule has 7 heteroatoms. The third-order valence-corrected chi connectivity index (χ3v) is 1.93. The van der Waals surface area contributed by atoms with Crippen LogP contribution in [-0.4, -0.2) is 34.5 Å². The van der Waals surface area contributed by atoms with Gasteiger partial charge in [0, 0.05) is 6.92 Å². The van der Waals surface area contributed by atoms with Crippen molar-refractivity contribution in [2.75, 3.05) is 0 Å². The van der Waals surface area contributed by atoms with E-state index in [9.17, 15) is 8.42 Å². The number of hydrogen-bond acceptors (Lipinski definition) is 5. The highest BCUT2D eigenvalue weighted by Gasteiger charge is 2.25. The molecule has 0 saturated carbocycles.